The van der Waals surface area contributed by atoms with Crippen LogP contribution in [0.25, 0.3) is 10.8 Å². The molecule has 0 amide bonds. The Morgan fingerprint density at radius 1 is 0.816 bits per heavy atom. The van der Waals surface area contributed by atoms with E-state index in [4.69, 9.17) is 9.26 Å². The monoisotopic (exact) mass is 1100 g/mol. The van der Waals surface area contributed by atoms with Gasteiger partial charge in [0.2, 0.25) is 5.69 Å². The van der Waals surface area contributed by atoms with E-state index >= 15 is 0 Å². The zero-order valence-electron chi connectivity index (χ0n) is 45.9. The van der Waals surface area contributed by atoms with Crippen LogP contribution in [0.1, 0.15) is 131 Å². The molecule has 17 heteroatoms. The van der Waals surface area contributed by atoms with Gasteiger partial charge in [-0.3, -0.25) is 4.57 Å². The Bertz CT molecular complexity index is 3220. The number of allylic oxidation sites excluding steroid dienone is 7. The second-order valence-corrected chi connectivity index (χ2v) is 26.8. The van der Waals surface area contributed by atoms with Crippen molar-refractivity contribution in [2.24, 2.45) is 0 Å². The van der Waals surface area contributed by atoms with Gasteiger partial charge in [-0.25, -0.2) is 21.5 Å². The van der Waals surface area contributed by atoms with Crippen molar-refractivity contribution >= 4 is 55.6 Å². The summed E-state index contributed by atoms with van der Waals surface area (Å²) in [6.45, 7) is 18.6. The number of hydrogen-bond donors (Lipinski definition) is 0. The van der Waals surface area contributed by atoms with E-state index < -0.39 is 44.3 Å². The van der Waals surface area contributed by atoms with Gasteiger partial charge in [-0.1, -0.05) is 68.8 Å². The standard InChI is InChI=1S/C59H75N4O9PS2.Na/c1-43(2)63(44(3)4)73(64,41-20-37-60)71-40-17-10-9-15-38-62-53-34-27-45-21-11-12-24-50(45)56(53)59(7,8)55(62)36-29-47-23-19-22-46(57(47)72-48-30-32-49(33-31-48)75(68,69)70)28-35-54-58(5,6)51-25-13-14-26-52(51)61(54)39-16-18-42-74(65,66)67;/h11-14,21,24-36,43-44H,9-10,15-20,22-23,38-42H2,1-8H3,(H-,65,66,67,68,69,70);/q;+1/p-1. The zero-order valence-corrected chi connectivity index (χ0v) is 50.4. The first-order chi connectivity index (χ1) is 35.5. The van der Waals surface area contributed by atoms with Crippen LogP contribution < -0.4 is 39.2 Å². The molecule has 1 unspecified atom stereocenters. The van der Waals surface area contributed by atoms with Gasteiger partial charge in [0.15, 0.2) is 5.71 Å². The Morgan fingerprint density at radius 3 is 2.18 bits per heavy atom. The first-order valence-corrected chi connectivity index (χ1v) is 31.2. The zero-order chi connectivity index (χ0) is 54.3. The number of unbranched alkanes of at least 4 members (excludes halogenated alkanes) is 4. The van der Waals surface area contributed by atoms with Crippen LogP contribution in [-0.2, 0) is 40.2 Å². The van der Waals surface area contributed by atoms with Crippen LogP contribution in [0.5, 0.6) is 5.75 Å². The topological polar surface area (TPSA) is 183 Å². The van der Waals surface area contributed by atoms with Gasteiger partial charge in [0.05, 0.1) is 39.3 Å². The summed E-state index contributed by atoms with van der Waals surface area (Å²) in [6.07, 6.45) is 15.5. The molecule has 0 spiro atoms. The number of ether oxygens (including phenoxy) is 1. The number of fused-ring (bicyclic) bond motifs is 4. The number of benzene rings is 4. The average Bonchev–Trinajstić information content (AvgIpc) is 3.71. The van der Waals surface area contributed by atoms with Gasteiger partial charge in [0.1, 0.15) is 28.2 Å². The van der Waals surface area contributed by atoms with Crippen LogP contribution in [0.3, 0.4) is 0 Å². The Hall–Kier alpha value is -4.17. The number of rotatable bonds is 24. The molecule has 1 atom stereocenters. The summed E-state index contributed by atoms with van der Waals surface area (Å²) in [5, 5.41) is 11.7. The summed E-state index contributed by atoms with van der Waals surface area (Å²) in [4.78, 5) is 1.87. The molecular formula is C59H74N4NaO9PS2. The van der Waals surface area contributed by atoms with E-state index in [0.29, 0.717) is 43.9 Å². The first kappa shape index (κ1) is 61.0. The molecule has 0 radical (unpaired) electrons. The molecule has 3 aliphatic rings. The predicted molar refractivity (Wildman–Crippen MR) is 298 cm³/mol. The maximum absolute atomic E-state index is 14.2. The molecule has 2 heterocycles. The van der Waals surface area contributed by atoms with Crippen molar-refractivity contribution in [3.8, 4) is 11.8 Å². The molecule has 7 rings (SSSR count). The molecule has 4 aromatic rings. The molecule has 13 nitrogen and oxygen atoms in total. The van der Waals surface area contributed by atoms with Gasteiger partial charge in [0.25, 0.3) is 7.52 Å². The molecule has 0 saturated heterocycles. The van der Waals surface area contributed by atoms with Crippen LogP contribution in [-0.4, -0.2) is 84.6 Å². The van der Waals surface area contributed by atoms with E-state index in [0.717, 1.165) is 78.1 Å². The number of nitrogens with zero attached hydrogens (tertiary/aromatic N) is 4. The third-order valence-corrected chi connectivity index (χ3v) is 19.4. The minimum atomic E-state index is -4.68. The molecule has 0 saturated carbocycles. The normalized spacial score (nSPS) is 18.3. The summed E-state index contributed by atoms with van der Waals surface area (Å²) >= 11 is 0. The summed E-state index contributed by atoms with van der Waals surface area (Å²) in [7, 11) is -12.2. The number of para-hydroxylation sites is 1. The van der Waals surface area contributed by atoms with E-state index in [1.807, 2.05) is 44.5 Å². The van der Waals surface area contributed by atoms with Crippen molar-refractivity contribution in [2.75, 3.05) is 36.5 Å². The fraction of sp³-hybridized carbons (Fsp3) is 0.458. The molecular weight excluding hydrogens is 1030 g/mol. The van der Waals surface area contributed by atoms with Crippen molar-refractivity contribution < 1.29 is 73.9 Å². The van der Waals surface area contributed by atoms with Gasteiger partial charge < -0.3 is 23.3 Å². The minimum Gasteiger partial charge on any atom is -0.748 e. The largest absolute Gasteiger partial charge is 1.00 e. The average molecular weight is 1100 g/mol. The Kier molecular flexibility index (Phi) is 20.7. The fourth-order valence-electron chi connectivity index (χ4n) is 11.4. The Labute approximate surface area is 474 Å². The summed E-state index contributed by atoms with van der Waals surface area (Å²) < 4.78 is 102. The third kappa shape index (κ3) is 14.2. The van der Waals surface area contributed by atoms with Crippen LogP contribution in [0.2, 0.25) is 0 Å². The fourth-order valence-corrected chi connectivity index (χ4v) is 15.1. The van der Waals surface area contributed by atoms with E-state index in [1.54, 1.807) is 0 Å². The molecule has 76 heavy (non-hydrogen) atoms. The third-order valence-electron chi connectivity index (χ3n) is 14.8. The van der Waals surface area contributed by atoms with Crippen molar-refractivity contribution in [2.45, 2.75) is 147 Å². The maximum Gasteiger partial charge on any atom is 1.00 e. The number of anilines is 1. The summed E-state index contributed by atoms with van der Waals surface area (Å²) in [5.41, 5.74) is 7.84. The molecule has 0 N–H and O–H groups in total. The van der Waals surface area contributed by atoms with Crippen molar-refractivity contribution in [3.05, 3.63) is 143 Å². The second-order valence-electron chi connectivity index (χ2n) is 21.5. The summed E-state index contributed by atoms with van der Waals surface area (Å²) in [6, 6.07) is 28.8. The van der Waals surface area contributed by atoms with E-state index in [1.165, 1.54) is 40.6 Å². The van der Waals surface area contributed by atoms with E-state index in [2.05, 4.69) is 116 Å². The SMILES string of the molecule is CC(C)N(C(C)C)P(=O)(CCC#N)OCCCCCC[N+]1=C(/C=C/C2=C(Oc3ccc(S(=O)(=O)[O-])cc3)C(=C/C=C3/N(CCCCS(=O)(=O)[O-])c4ccccc4C3(C)C)/CCC2)C(C)(C)c2c1ccc1ccccc21.[Na+]. The van der Waals surface area contributed by atoms with Gasteiger partial charge in [-0.2, -0.15) is 9.84 Å². The molecule has 402 valence electrons. The van der Waals surface area contributed by atoms with Gasteiger partial charge in [0, 0.05) is 71.7 Å². The first-order valence-electron chi connectivity index (χ1n) is 26.4. The van der Waals surface area contributed by atoms with E-state index in [-0.39, 0.29) is 65.5 Å². The quantitative estimate of drug-likeness (QED) is 0.0213. The van der Waals surface area contributed by atoms with Crippen molar-refractivity contribution in [1.29, 1.82) is 5.26 Å². The van der Waals surface area contributed by atoms with Crippen LogP contribution in [0.15, 0.2) is 137 Å². The number of nitriles is 1. The second kappa shape index (κ2) is 25.7. The smallest absolute Gasteiger partial charge is 0.748 e. The molecule has 2 aliphatic heterocycles. The van der Waals surface area contributed by atoms with Crippen molar-refractivity contribution in [1.82, 2.24) is 4.67 Å². The minimum absolute atomic E-state index is 0. The summed E-state index contributed by atoms with van der Waals surface area (Å²) in [5.74, 6) is 0.608. The van der Waals surface area contributed by atoms with E-state index in [9.17, 15) is 35.8 Å². The van der Waals surface area contributed by atoms with Gasteiger partial charge >= 0.3 is 29.6 Å². The number of hydrogen-bond acceptors (Lipinski definition) is 11. The molecule has 4 aromatic carbocycles. The van der Waals surface area contributed by atoms with Crippen LogP contribution >= 0.6 is 7.52 Å². The van der Waals surface area contributed by atoms with Crippen LogP contribution in [0, 0.1) is 11.3 Å². The molecule has 0 bridgehead atoms. The van der Waals surface area contributed by atoms with Crippen LogP contribution in [0.4, 0.5) is 11.4 Å². The van der Waals surface area contributed by atoms with Gasteiger partial charge in [-0.05, 0) is 163 Å². The predicted octanol–water partition coefficient (Wildman–Crippen LogP) is 9.93. The molecule has 1 aliphatic carbocycles. The molecule has 0 fully saturated rings. The molecule has 0 aromatic heterocycles. The van der Waals surface area contributed by atoms with Crippen molar-refractivity contribution in [3.63, 3.8) is 0 Å². The maximum atomic E-state index is 14.2. The Balaban J connectivity index is 0.00000937. The Morgan fingerprint density at radius 2 is 1.50 bits per heavy atom. The van der Waals surface area contributed by atoms with Gasteiger partial charge in [-0.15, -0.1) is 0 Å².